The first-order chi connectivity index (χ1) is 14.6. The van der Waals surface area contributed by atoms with Gasteiger partial charge in [-0.2, -0.15) is 18.4 Å². The molecule has 0 aromatic carbocycles. The van der Waals surface area contributed by atoms with E-state index >= 15 is 0 Å². The second-order valence-electron chi connectivity index (χ2n) is 8.38. The van der Waals surface area contributed by atoms with Gasteiger partial charge in [-0.25, -0.2) is 4.98 Å². The van der Waals surface area contributed by atoms with Crippen molar-refractivity contribution < 1.29 is 23.3 Å². The van der Waals surface area contributed by atoms with Crippen LogP contribution in [-0.2, 0) is 12.7 Å². The van der Waals surface area contributed by atoms with E-state index in [1.165, 1.54) is 18.6 Å². The van der Waals surface area contributed by atoms with E-state index in [0.717, 1.165) is 18.9 Å². The zero-order chi connectivity index (χ0) is 22.6. The molecular weight excluding hydrogens is 407 g/mol. The molecule has 0 spiro atoms. The van der Waals surface area contributed by atoms with Crippen molar-refractivity contribution in [1.82, 2.24) is 10.6 Å². The Morgan fingerprint density at radius 3 is 2.74 bits per heavy atom. The summed E-state index contributed by atoms with van der Waals surface area (Å²) in [4.78, 5) is 7.04. The maximum Gasteiger partial charge on any atom is 0.417 e. The van der Waals surface area contributed by atoms with Gasteiger partial charge in [-0.1, -0.05) is 6.92 Å². The molecule has 1 saturated carbocycles. The topological polar surface area (TPSA) is 94.6 Å². The summed E-state index contributed by atoms with van der Waals surface area (Å²) >= 11 is 0. The average molecular weight is 434 g/mol. The Balaban J connectivity index is 1.77. The Kier molecular flexibility index (Phi) is 6.70. The van der Waals surface area contributed by atoms with Crippen LogP contribution in [-0.4, -0.2) is 22.6 Å². The quantitative estimate of drug-likeness (QED) is 0.678. The Morgan fingerprint density at radius 1 is 1.39 bits per heavy atom. The van der Waals surface area contributed by atoms with Crippen molar-refractivity contribution in [3.05, 3.63) is 53.1 Å². The van der Waals surface area contributed by atoms with Crippen LogP contribution in [0.3, 0.4) is 0 Å². The number of nitrogens with zero attached hydrogens (tertiary/aromatic N) is 2. The molecule has 1 aliphatic heterocycles. The minimum absolute atomic E-state index is 0.0434. The predicted octanol–water partition coefficient (Wildman–Crippen LogP) is 3.23. The highest BCUT2D eigenvalue weighted by molar-refractivity contribution is 5.88. The molecule has 166 valence electrons. The number of amidine groups is 1. The van der Waals surface area contributed by atoms with E-state index in [1.54, 1.807) is 0 Å². The largest absolute Gasteiger partial charge is 0.417 e. The zero-order valence-corrected chi connectivity index (χ0v) is 17.6. The summed E-state index contributed by atoms with van der Waals surface area (Å²) in [6.07, 6.45) is 4.41. The van der Waals surface area contributed by atoms with E-state index in [0.29, 0.717) is 29.9 Å². The summed E-state index contributed by atoms with van der Waals surface area (Å²) in [5.74, 6) is 0.242. The Labute approximate surface area is 179 Å². The second-order valence-corrected chi connectivity index (χ2v) is 8.38. The highest BCUT2D eigenvalue weighted by Crippen LogP contribution is 2.32. The molecule has 1 aromatic rings. The SMILES string of the molecule is C[C@H]1C=C(NC2CCC(C)(O)CC2)C(C#N)=CNC1=NCc1c[nH+]ccc1C(F)(F)F. The molecule has 1 aliphatic carbocycles. The highest BCUT2D eigenvalue weighted by atomic mass is 19.4. The van der Waals surface area contributed by atoms with Gasteiger partial charge in [0.05, 0.1) is 29.0 Å². The van der Waals surface area contributed by atoms with Crippen molar-refractivity contribution >= 4 is 5.84 Å². The predicted molar refractivity (Wildman–Crippen MR) is 109 cm³/mol. The molecular formula is C22H27F3N5O+. The van der Waals surface area contributed by atoms with Crippen LogP contribution in [0, 0.1) is 17.2 Å². The van der Waals surface area contributed by atoms with Crippen molar-refractivity contribution in [3.63, 3.8) is 0 Å². The molecule has 1 aromatic heterocycles. The number of aliphatic imine (C=N–C) groups is 1. The number of nitriles is 1. The molecule has 0 saturated heterocycles. The average Bonchev–Trinajstić information content (AvgIpc) is 2.85. The van der Waals surface area contributed by atoms with Gasteiger partial charge in [-0.05, 0) is 38.7 Å². The zero-order valence-electron chi connectivity index (χ0n) is 17.6. The molecule has 3 rings (SSSR count). The first kappa shape index (κ1) is 22.8. The lowest BCUT2D eigenvalue weighted by Gasteiger charge is -2.34. The number of H-pyrrole nitrogens is 1. The van der Waals surface area contributed by atoms with E-state index in [4.69, 9.17) is 0 Å². The molecule has 6 nitrogen and oxygen atoms in total. The van der Waals surface area contributed by atoms with Crippen molar-refractivity contribution in [2.24, 2.45) is 10.9 Å². The number of alkyl halides is 3. The van der Waals surface area contributed by atoms with E-state index in [2.05, 4.69) is 26.7 Å². The van der Waals surface area contributed by atoms with Crippen LogP contribution < -0.4 is 15.6 Å². The van der Waals surface area contributed by atoms with Gasteiger partial charge in [0, 0.05) is 29.8 Å². The van der Waals surface area contributed by atoms with Gasteiger partial charge in [0.25, 0.3) is 0 Å². The highest BCUT2D eigenvalue weighted by Gasteiger charge is 2.34. The number of aliphatic hydroxyl groups is 1. The Bertz CT molecular complexity index is 933. The van der Waals surface area contributed by atoms with Crippen LogP contribution in [0.25, 0.3) is 0 Å². The van der Waals surface area contributed by atoms with Crippen molar-refractivity contribution in [2.45, 2.75) is 63.9 Å². The molecule has 0 radical (unpaired) electrons. The standard InChI is InChI=1S/C22H26F3N5O/c1-14-9-19(30-17-3-6-21(2,31)7-4-17)15(10-26)12-28-20(14)29-13-16-11-27-8-5-18(16)22(23,24)25/h5,8-9,11-12,14,17,30-31H,3-4,6-7,13H2,1-2H3,(H,28,29)/p+1/t14-,17?,21?/m0/s1. The van der Waals surface area contributed by atoms with Crippen LogP contribution in [0.1, 0.15) is 50.7 Å². The minimum atomic E-state index is -4.46. The van der Waals surface area contributed by atoms with Crippen LogP contribution in [0.2, 0.25) is 0 Å². The number of nitrogens with one attached hydrogen (secondary N) is 3. The number of rotatable bonds is 4. The molecule has 1 atom stereocenters. The van der Waals surface area contributed by atoms with Crippen LogP contribution in [0.15, 0.2) is 47.0 Å². The number of allylic oxidation sites excluding steroid dienone is 1. The number of aromatic amines is 1. The third kappa shape index (κ3) is 5.85. The van der Waals surface area contributed by atoms with Crippen LogP contribution in [0.4, 0.5) is 13.2 Å². The van der Waals surface area contributed by atoms with E-state index in [9.17, 15) is 23.5 Å². The molecule has 9 heteroatoms. The number of halogens is 3. The Morgan fingerprint density at radius 2 is 2.10 bits per heavy atom. The first-order valence-corrected chi connectivity index (χ1v) is 10.3. The fourth-order valence-electron chi connectivity index (χ4n) is 3.83. The van der Waals surface area contributed by atoms with E-state index < -0.39 is 17.3 Å². The third-order valence-corrected chi connectivity index (χ3v) is 5.72. The van der Waals surface area contributed by atoms with Crippen molar-refractivity contribution in [2.75, 3.05) is 0 Å². The molecule has 1 fully saturated rings. The lowest BCUT2D eigenvalue weighted by molar-refractivity contribution is -0.379. The van der Waals surface area contributed by atoms with Gasteiger partial charge < -0.3 is 15.7 Å². The van der Waals surface area contributed by atoms with Crippen molar-refractivity contribution in [3.8, 4) is 6.07 Å². The molecule has 2 aliphatic rings. The van der Waals surface area contributed by atoms with E-state index in [-0.39, 0.29) is 24.1 Å². The fraction of sp³-hybridized carbons (Fsp3) is 0.500. The summed E-state index contributed by atoms with van der Waals surface area (Å²) < 4.78 is 39.7. The normalized spacial score (nSPS) is 28.1. The summed E-state index contributed by atoms with van der Waals surface area (Å²) in [6, 6.07) is 3.29. The molecule has 2 heterocycles. The third-order valence-electron chi connectivity index (χ3n) is 5.72. The maximum absolute atomic E-state index is 13.2. The maximum atomic E-state index is 13.2. The lowest BCUT2D eigenvalue weighted by Crippen LogP contribution is -2.39. The monoisotopic (exact) mass is 434 g/mol. The van der Waals surface area contributed by atoms with Crippen LogP contribution >= 0.6 is 0 Å². The number of pyridine rings is 1. The minimum Gasteiger partial charge on any atom is -0.390 e. The first-order valence-electron chi connectivity index (χ1n) is 10.3. The summed E-state index contributed by atoms with van der Waals surface area (Å²) in [6.45, 7) is 3.55. The van der Waals surface area contributed by atoms with Gasteiger partial charge in [0.2, 0.25) is 0 Å². The smallest absolute Gasteiger partial charge is 0.390 e. The van der Waals surface area contributed by atoms with Gasteiger partial charge in [-0.15, -0.1) is 0 Å². The number of hydrogen-bond donors (Lipinski definition) is 3. The van der Waals surface area contributed by atoms with Gasteiger partial charge in [-0.3, -0.25) is 4.99 Å². The summed E-state index contributed by atoms with van der Waals surface area (Å²) in [5, 5.41) is 26.1. The number of hydrogen-bond acceptors (Lipinski definition) is 4. The molecule has 0 unspecified atom stereocenters. The molecule has 0 bridgehead atoms. The lowest BCUT2D eigenvalue weighted by atomic mass is 9.83. The Hall–Kier alpha value is -2.86. The van der Waals surface area contributed by atoms with Gasteiger partial charge in [0.1, 0.15) is 11.9 Å². The summed E-state index contributed by atoms with van der Waals surface area (Å²) in [7, 11) is 0. The van der Waals surface area contributed by atoms with Crippen LogP contribution in [0.5, 0.6) is 0 Å². The van der Waals surface area contributed by atoms with Crippen molar-refractivity contribution in [1.29, 1.82) is 5.26 Å². The molecule has 31 heavy (non-hydrogen) atoms. The number of aromatic nitrogens is 1. The second kappa shape index (κ2) is 9.10. The molecule has 0 amide bonds. The van der Waals surface area contributed by atoms with Gasteiger partial charge >= 0.3 is 6.18 Å². The summed E-state index contributed by atoms with van der Waals surface area (Å²) in [5.41, 5.74) is -0.261. The van der Waals surface area contributed by atoms with E-state index in [1.807, 2.05) is 19.9 Å². The van der Waals surface area contributed by atoms with Gasteiger partial charge in [0.15, 0.2) is 12.4 Å². The fourth-order valence-corrected chi connectivity index (χ4v) is 3.83. The molecule has 4 N–H and O–H groups in total.